The highest BCUT2D eigenvalue weighted by atomic mass is 79.9. The molecule has 0 radical (unpaired) electrons. The molecule has 1 atom stereocenters. The van der Waals surface area contributed by atoms with Gasteiger partial charge in [-0.15, -0.1) is 0 Å². The van der Waals surface area contributed by atoms with Crippen molar-refractivity contribution in [2.45, 2.75) is 25.3 Å². The quantitative estimate of drug-likeness (QED) is 0.285. The van der Waals surface area contributed by atoms with E-state index in [1.54, 1.807) is 17.0 Å². The van der Waals surface area contributed by atoms with Crippen LogP contribution < -0.4 is 0 Å². The Morgan fingerprint density at radius 1 is 0.939 bits per heavy atom. The van der Waals surface area contributed by atoms with Gasteiger partial charge in [-0.25, -0.2) is 0 Å². The zero-order valence-corrected chi connectivity index (χ0v) is 18.8. The molecule has 4 aromatic rings. The van der Waals surface area contributed by atoms with Crippen molar-refractivity contribution < 1.29 is 27.5 Å². The molecule has 170 valence electrons. The SMILES string of the molecule is O=C(O)C(c1cccc2ccccc12)N(Cc1ccc(Br)cc1)Cc1ccc(C(F)(F)F)o1. The van der Waals surface area contributed by atoms with Gasteiger partial charge in [0.15, 0.2) is 0 Å². The molecular formula is C25H19BrF3NO3. The van der Waals surface area contributed by atoms with Crippen LogP contribution in [0, 0.1) is 0 Å². The molecule has 0 aliphatic rings. The van der Waals surface area contributed by atoms with Gasteiger partial charge in [0.25, 0.3) is 0 Å². The fraction of sp³-hybridized carbons (Fsp3) is 0.160. The zero-order chi connectivity index (χ0) is 23.6. The molecule has 0 spiro atoms. The van der Waals surface area contributed by atoms with Gasteiger partial charge in [0.1, 0.15) is 11.8 Å². The summed E-state index contributed by atoms with van der Waals surface area (Å²) in [6.07, 6.45) is -4.61. The summed E-state index contributed by atoms with van der Waals surface area (Å²) in [6, 6.07) is 21.1. The minimum atomic E-state index is -4.61. The number of nitrogens with zero attached hydrogens (tertiary/aromatic N) is 1. The molecule has 1 aromatic heterocycles. The number of alkyl halides is 3. The number of aliphatic carboxylic acids is 1. The second-order valence-corrected chi connectivity index (χ2v) is 8.52. The van der Waals surface area contributed by atoms with E-state index in [0.29, 0.717) is 5.56 Å². The lowest BCUT2D eigenvalue weighted by Crippen LogP contribution is -2.33. The Labute approximate surface area is 196 Å². The van der Waals surface area contributed by atoms with Crippen molar-refractivity contribution in [2.75, 3.05) is 0 Å². The van der Waals surface area contributed by atoms with E-state index in [-0.39, 0.29) is 18.8 Å². The second-order valence-electron chi connectivity index (χ2n) is 7.60. The number of carboxylic acids is 1. The molecule has 4 nitrogen and oxygen atoms in total. The van der Waals surface area contributed by atoms with Crippen molar-refractivity contribution in [1.82, 2.24) is 4.90 Å². The highest BCUT2D eigenvalue weighted by Crippen LogP contribution is 2.34. The van der Waals surface area contributed by atoms with Crippen LogP contribution >= 0.6 is 15.9 Å². The standard InChI is InChI=1S/C25H19BrF3NO3/c26-18-10-8-16(9-11-18)14-30(15-19-12-13-22(33-19)25(27,28)29)23(24(31)32)21-7-3-5-17-4-1-2-6-20(17)21/h1-13,23H,14-15H2,(H,31,32). The minimum absolute atomic E-state index is 0.0333. The summed E-state index contributed by atoms with van der Waals surface area (Å²) < 4.78 is 45.0. The van der Waals surface area contributed by atoms with Crippen LogP contribution in [0.2, 0.25) is 0 Å². The smallest absolute Gasteiger partial charge is 0.449 e. The predicted molar refractivity (Wildman–Crippen MR) is 121 cm³/mol. The lowest BCUT2D eigenvalue weighted by Gasteiger charge is -2.29. The van der Waals surface area contributed by atoms with Crippen LogP contribution in [0.25, 0.3) is 10.8 Å². The highest BCUT2D eigenvalue weighted by Gasteiger charge is 2.36. The first kappa shape index (κ1) is 23.1. The van der Waals surface area contributed by atoms with Gasteiger partial charge in [-0.3, -0.25) is 9.69 Å². The van der Waals surface area contributed by atoms with Crippen LogP contribution in [0.1, 0.15) is 28.7 Å². The number of fused-ring (bicyclic) bond motifs is 1. The summed E-state index contributed by atoms with van der Waals surface area (Å²) in [4.78, 5) is 14.1. The van der Waals surface area contributed by atoms with Gasteiger partial charge >= 0.3 is 12.1 Å². The predicted octanol–water partition coefficient (Wildman–Crippen LogP) is 7.04. The number of carbonyl (C=O) groups is 1. The molecule has 0 saturated carbocycles. The zero-order valence-electron chi connectivity index (χ0n) is 17.2. The summed E-state index contributed by atoms with van der Waals surface area (Å²) in [5.41, 5.74) is 1.37. The molecular weight excluding hydrogens is 499 g/mol. The first-order valence-electron chi connectivity index (χ1n) is 10.1. The van der Waals surface area contributed by atoms with Crippen molar-refractivity contribution in [3.05, 3.63) is 106 Å². The third-order valence-corrected chi connectivity index (χ3v) is 5.84. The molecule has 4 rings (SSSR count). The molecule has 1 N–H and O–H groups in total. The van der Waals surface area contributed by atoms with Gasteiger partial charge in [-0.2, -0.15) is 13.2 Å². The van der Waals surface area contributed by atoms with E-state index in [9.17, 15) is 23.1 Å². The van der Waals surface area contributed by atoms with Crippen LogP contribution in [-0.4, -0.2) is 16.0 Å². The second kappa shape index (κ2) is 9.41. The maximum Gasteiger partial charge on any atom is 0.449 e. The van der Waals surface area contributed by atoms with E-state index in [4.69, 9.17) is 4.42 Å². The topological polar surface area (TPSA) is 53.7 Å². The fourth-order valence-corrected chi connectivity index (χ4v) is 4.12. The fourth-order valence-electron chi connectivity index (χ4n) is 3.85. The maximum absolute atomic E-state index is 13.0. The summed E-state index contributed by atoms with van der Waals surface area (Å²) in [7, 11) is 0. The third kappa shape index (κ3) is 5.29. The Balaban J connectivity index is 1.77. The third-order valence-electron chi connectivity index (χ3n) is 5.32. The average molecular weight is 518 g/mol. The number of rotatable bonds is 7. The lowest BCUT2D eigenvalue weighted by atomic mass is 9.97. The van der Waals surface area contributed by atoms with Gasteiger partial charge in [0.2, 0.25) is 5.76 Å². The molecule has 0 bridgehead atoms. The van der Waals surface area contributed by atoms with Gasteiger partial charge in [-0.1, -0.05) is 70.5 Å². The molecule has 0 aliphatic carbocycles. The van der Waals surface area contributed by atoms with Crippen molar-refractivity contribution in [3.8, 4) is 0 Å². The molecule has 3 aromatic carbocycles. The number of carboxylic acid groups (broad SMARTS) is 1. The van der Waals surface area contributed by atoms with Crippen LogP contribution in [0.3, 0.4) is 0 Å². The van der Waals surface area contributed by atoms with Crippen LogP contribution in [-0.2, 0) is 24.1 Å². The highest BCUT2D eigenvalue weighted by molar-refractivity contribution is 9.10. The molecule has 0 aliphatic heterocycles. The van der Waals surface area contributed by atoms with E-state index in [2.05, 4.69) is 15.9 Å². The van der Waals surface area contributed by atoms with Crippen molar-refractivity contribution in [3.63, 3.8) is 0 Å². The van der Waals surface area contributed by atoms with Gasteiger partial charge < -0.3 is 9.52 Å². The Bertz CT molecular complexity index is 1260. The number of furan rings is 1. The molecule has 1 unspecified atom stereocenters. The van der Waals surface area contributed by atoms with E-state index in [1.807, 2.05) is 54.6 Å². The normalized spacial score (nSPS) is 12.9. The first-order chi connectivity index (χ1) is 15.7. The van der Waals surface area contributed by atoms with E-state index >= 15 is 0 Å². The van der Waals surface area contributed by atoms with Gasteiger partial charge in [0, 0.05) is 11.0 Å². The van der Waals surface area contributed by atoms with Crippen LogP contribution in [0.4, 0.5) is 13.2 Å². The minimum Gasteiger partial charge on any atom is -0.480 e. The van der Waals surface area contributed by atoms with E-state index < -0.39 is 23.9 Å². The molecule has 1 heterocycles. The lowest BCUT2D eigenvalue weighted by molar-refractivity contribution is -0.154. The molecule has 33 heavy (non-hydrogen) atoms. The molecule has 0 saturated heterocycles. The van der Waals surface area contributed by atoms with Crippen molar-refractivity contribution >= 4 is 32.7 Å². The van der Waals surface area contributed by atoms with Crippen LogP contribution in [0.5, 0.6) is 0 Å². The maximum atomic E-state index is 13.0. The summed E-state index contributed by atoms with van der Waals surface area (Å²) in [6.45, 7) is 0.0713. The van der Waals surface area contributed by atoms with Crippen LogP contribution in [0.15, 0.2) is 87.8 Å². The van der Waals surface area contributed by atoms with Crippen molar-refractivity contribution in [2.24, 2.45) is 0 Å². The van der Waals surface area contributed by atoms with Gasteiger partial charge in [0.05, 0.1) is 6.54 Å². The Kier molecular flexibility index (Phi) is 6.58. The molecule has 0 fully saturated rings. The first-order valence-corrected chi connectivity index (χ1v) is 10.9. The Hall–Kier alpha value is -3.10. The Morgan fingerprint density at radius 2 is 1.64 bits per heavy atom. The largest absolute Gasteiger partial charge is 0.480 e. The number of halogens is 4. The number of hydrogen-bond acceptors (Lipinski definition) is 3. The summed E-state index contributed by atoms with van der Waals surface area (Å²) in [5, 5.41) is 11.9. The van der Waals surface area contributed by atoms with E-state index in [1.165, 1.54) is 6.07 Å². The summed E-state index contributed by atoms with van der Waals surface area (Å²) in [5.74, 6) is -2.19. The monoisotopic (exact) mass is 517 g/mol. The molecule has 0 amide bonds. The van der Waals surface area contributed by atoms with Gasteiger partial charge in [-0.05, 0) is 46.2 Å². The Morgan fingerprint density at radius 3 is 2.30 bits per heavy atom. The summed E-state index contributed by atoms with van der Waals surface area (Å²) >= 11 is 3.37. The number of benzene rings is 3. The number of hydrogen-bond donors (Lipinski definition) is 1. The van der Waals surface area contributed by atoms with E-state index in [0.717, 1.165) is 26.9 Å². The molecule has 8 heteroatoms. The van der Waals surface area contributed by atoms with Crippen molar-refractivity contribution in [1.29, 1.82) is 0 Å². The average Bonchev–Trinajstić information content (AvgIpc) is 3.24.